The molecule has 5 nitrogen and oxygen atoms in total. The van der Waals surface area contributed by atoms with Crippen LogP contribution in [0, 0.1) is 0 Å². The Morgan fingerprint density at radius 1 is 1.14 bits per heavy atom. The van der Waals surface area contributed by atoms with Crippen LogP contribution >= 0.6 is 7.14 Å². The van der Waals surface area contributed by atoms with Crippen LogP contribution in [0.5, 0.6) is 0 Å². The first-order valence-electron chi connectivity index (χ1n) is 8.21. The van der Waals surface area contributed by atoms with Gasteiger partial charge in [-0.05, 0) is 32.6 Å². The summed E-state index contributed by atoms with van der Waals surface area (Å²) < 4.78 is 11.5. The SMILES string of the molecule is C=CCCCCCCCCCC(=O)N(O)CNCP(C)(C)=O. The lowest BCUT2D eigenvalue weighted by Gasteiger charge is -2.16. The fourth-order valence-electron chi connectivity index (χ4n) is 2.09. The minimum absolute atomic E-state index is 0.0355. The molecule has 0 bridgehead atoms. The normalized spacial score (nSPS) is 11.4. The molecular formula is C16H33N2O3P. The highest BCUT2D eigenvalue weighted by Gasteiger charge is 2.11. The molecule has 0 aliphatic rings. The van der Waals surface area contributed by atoms with Gasteiger partial charge in [-0.2, -0.15) is 0 Å². The Morgan fingerprint density at radius 2 is 1.68 bits per heavy atom. The Bertz CT molecular complexity index is 355. The molecule has 0 aliphatic carbocycles. The molecule has 1 amide bonds. The standard InChI is InChI=1S/C16H33N2O3P/c1-4-5-6-7-8-9-10-11-12-13-16(19)18(20)14-17-15-22(2,3)21/h4,17,20H,1,5-15H2,2-3H3. The van der Waals surface area contributed by atoms with Crippen molar-refractivity contribution < 1.29 is 14.6 Å². The lowest BCUT2D eigenvalue weighted by Crippen LogP contribution is -2.36. The van der Waals surface area contributed by atoms with Gasteiger partial charge >= 0.3 is 0 Å². The minimum atomic E-state index is -2.16. The van der Waals surface area contributed by atoms with Crippen molar-refractivity contribution >= 4 is 13.0 Å². The molecule has 0 aromatic rings. The third-order valence-corrected chi connectivity index (χ3v) is 4.33. The molecule has 0 saturated carbocycles. The molecule has 0 aliphatic heterocycles. The van der Waals surface area contributed by atoms with E-state index in [-0.39, 0.29) is 12.6 Å². The predicted octanol–water partition coefficient (Wildman–Crippen LogP) is 4.03. The van der Waals surface area contributed by atoms with E-state index in [1.807, 2.05) is 6.08 Å². The van der Waals surface area contributed by atoms with Gasteiger partial charge in [-0.3, -0.25) is 15.3 Å². The zero-order valence-electron chi connectivity index (χ0n) is 14.2. The van der Waals surface area contributed by atoms with Gasteiger partial charge in [0.15, 0.2) is 0 Å². The Hall–Kier alpha value is -0.640. The average Bonchev–Trinajstić information content (AvgIpc) is 2.43. The van der Waals surface area contributed by atoms with Gasteiger partial charge in [0.05, 0.1) is 20.1 Å². The molecule has 0 spiro atoms. The third kappa shape index (κ3) is 14.3. The lowest BCUT2D eigenvalue weighted by atomic mass is 10.1. The summed E-state index contributed by atoms with van der Waals surface area (Å²) >= 11 is 0. The molecule has 130 valence electrons. The van der Waals surface area contributed by atoms with Crippen LogP contribution in [0.15, 0.2) is 12.7 Å². The molecule has 22 heavy (non-hydrogen) atoms. The van der Waals surface area contributed by atoms with Crippen LogP contribution in [0.1, 0.15) is 57.8 Å². The fraction of sp³-hybridized carbons (Fsp3) is 0.812. The van der Waals surface area contributed by atoms with Crippen LogP contribution in [0.25, 0.3) is 0 Å². The maximum absolute atomic E-state index is 11.7. The highest BCUT2D eigenvalue weighted by molar-refractivity contribution is 7.62. The van der Waals surface area contributed by atoms with E-state index in [1.54, 1.807) is 13.3 Å². The predicted molar refractivity (Wildman–Crippen MR) is 92.7 cm³/mol. The molecule has 0 atom stereocenters. The van der Waals surface area contributed by atoms with Gasteiger partial charge in [0, 0.05) is 6.42 Å². The van der Waals surface area contributed by atoms with E-state index < -0.39 is 7.14 Å². The van der Waals surface area contributed by atoms with Crippen molar-refractivity contribution in [3.8, 4) is 0 Å². The zero-order valence-corrected chi connectivity index (χ0v) is 15.1. The molecule has 0 saturated heterocycles. The smallest absolute Gasteiger partial charge is 0.247 e. The molecule has 0 heterocycles. The van der Waals surface area contributed by atoms with Crippen LogP contribution < -0.4 is 5.32 Å². The number of unbranched alkanes of at least 4 members (excludes halogenated alkanes) is 7. The zero-order chi connectivity index (χ0) is 16.8. The number of hydrogen-bond donors (Lipinski definition) is 2. The number of amides is 1. The average molecular weight is 332 g/mol. The highest BCUT2D eigenvalue weighted by Crippen LogP contribution is 2.33. The Morgan fingerprint density at radius 3 is 2.23 bits per heavy atom. The molecule has 2 N–H and O–H groups in total. The Labute approximate surface area is 135 Å². The van der Waals surface area contributed by atoms with E-state index in [0.29, 0.717) is 17.8 Å². The topological polar surface area (TPSA) is 69.6 Å². The van der Waals surface area contributed by atoms with Gasteiger partial charge < -0.3 is 4.57 Å². The summed E-state index contributed by atoms with van der Waals surface area (Å²) in [6.45, 7) is 7.08. The maximum Gasteiger partial charge on any atom is 0.247 e. The first kappa shape index (κ1) is 21.4. The summed E-state index contributed by atoms with van der Waals surface area (Å²) in [6, 6.07) is 0. The number of allylic oxidation sites excluding steroid dienone is 1. The summed E-state index contributed by atoms with van der Waals surface area (Å²) in [6.07, 6.45) is 11.6. The van der Waals surface area contributed by atoms with E-state index in [2.05, 4.69) is 11.9 Å². The largest absolute Gasteiger partial charge is 0.323 e. The summed E-state index contributed by atoms with van der Waals surface area (Å²) in [7, 11) is -2.16. The summed E-state index contributed by atoms with van der Waals surface area (Å²) in [5.41, 5.74) is 0. The summed E-state index contributed by atoms with van der Waals surface area (Å²) in [5, 5.41) is 13.1. The van der Waals surface area contributed by atoms with Crippen LogP contribution in [-0.4, -0.2) is 42.5 Å². The van der Waals surface area contributed by atoms with Crippen molar-refractivity contribution in [2.75, 3.05) is 26.3 Å². The second kappa shape index (κ2) is 12.9. The molecule has 0 fully saturated rings. The van der Waals surface area contributed by atoms with Gasteiger partial charge in [-0.15, -0.1) is 6.58 Å². The van der Waals surface area contributed by atoms with E-state index in [4.69, 9.17) is 0 Å². The quantitative estimate of drug-likeness (QED) is 0.126. The van der Waals surface area contributed by atoms with Crippen molar-refractivity contribution in [1.29, 1.82) is 0 Å². The van der Waals surface area contributed by atoms with Gasteiger partial charge in [0.25, 0.3) is 0 Å². The molecule has 0 unspecified atom stereocenters. The second-order valence-electron chi connectivity index (χ2n) is 6.24. The first-order chi connectivity index (χ1) is 10.4. The third-order valence-electron chi connectivity index (χ3n) is 3.34. The van der Waals surface area contributed by atoms with Gasteiger partial charge in [0.2, 0.25) is 5.91 Å². The van der Waals surface area contributed by atoms with E-state index in [9.17, 15) is 14.6 Å². The number of carbonyl (C=O) groups is 1. The monoisotopic (exact) mass is 332 g/mol. The Balaban J connectivity index is 3.48. The van der Waals surface area contributed by atoms with Crippen LogP contribution in [-0.2, 0) is 9.36 Å². The summed E-state index contributed by atoms with van der Waals surface area (Å²) in [4.78, 5) is 11.7. The van der Waals surface area contributed by atoms with Crippen molar-refractivity contribution in [2.24, 2.45) is 0 Å². The number of hydroxylamine groups is 2. The van der Waals surface area contributed by atoms with E-state index in [1.165, 1.54) is 25.7 Å². The van der Waals surface area contributed by atoms with E-state index in [0.717, 1.165) is 25.7 Å². The van der Waals surface area contributed by atoms with Crippen LogP contribution in [0.3, 0.4) is 0 Å². The minimum Gasteiger partial charge on any atom is -0.323 e. The van der Waals surface area contributed by atoms with Gasteiger partial charge in [-0.25, -0.2) is 5.06 Å². The number of nitrogens with zero attached hydrogens (tertiary/aromatic N) is 1. The number of carbonyl (C=O) groups excluding carboxylic acids is 1. The lowest BCUT2D eigenvalue weighted by molar-refractivity contribution is -0.166. The number of nitrogens with one attached hydrogen (secondary N) is 1. The summed E-state index contributed by atoms with van der Waals surface area (Å²) in [5.74, 6) is -0.277. The molecule has 0 aromatic heterocycles. The highest BCUT2D eigenvalue weighted by atomic mass is 31.2. The fourth-order valence-corrected chi connectivity index (χ4v) is 2.73. The maximum atomic E-state index is 11.7. The van der Waals surface area contributed by atoms with E-state index >= 15 is 0 Å². The van der Waals surface area contributed by atoms with Gasteiger partial charge in [0.1, 0.15) is 0 Å². The first-order valence-corrected chi connectivity index (χ1v) is 11.0. The molecular weight excluding hydrogens is 299 g/mol. The van der Waals surface area contributed by atoms with Crippen LogP contribution in [0.2, 0.25) is 0 Å². The number of rotatable bonds is 14. The number of hydrogen-bond acceptors (Lipinski definition) is 4. The Kier molecular flexibility index (Phi) is 12.5. The van der Waals surface area contributed by atoms with Crippen molar-refractivity contribution in [3.63, 3.8) is 0 Å². The molecule has 0 aromatic carbocycles. The van der Waals surface area contributed by atoms with Gasteiger partial charge in [-0.1, -0.05) is 38.2 Å². The second-order valence-corrected chi connectivity index (χ2v) is 9.70. The van der Waals surface area contributed by atoms with Crippen molar-refractivity contribution in [3.05, 3.63) is 12.7 Å². The van der Waals surface area contributed by atoms with Crippen molar-refractivity contribution in [2.45, 2.75) is 57.8 Å². The van der Waals surface area contributed by atoms with Crippen LogP contribution in [0.4, 0.5) is 0 Å². The molecule has 0 radical (unpaired) electrons. The van der Waals surface area contributed by atoms with Crippen molar-refractivity contribution in [1.82, 2.24) is 10.4 Å². The molecule has 6 heteroatoms. The molecule has 0 rings (SSSR count).